The molecule has 1 fully saturated rings. The highest BCUT2D eigenvalue weighted by Gasteiger charge is 2.27. The van der Waals surface area contributed by atoms with Crippen LogP contribution in [-0.2, 0) is 12.8 Å². The summed E-state index contributed by atoms with van der Waals surface area (Å²) in [6.45, 7) is 3.46. The van der Waals surface area contributed by atoms with Crippen LogP contribution in [0.25, 0.3) is 11.1 Å². The average Bonchev–Trinajstić information content (AvgIpc) is 2.90. The Morgan fingerprint density at radius 3 is 2.41 bits per heavy atom. The number of aromatic nitrogens is 1. The van der Waals surface area contributed by atoms with Crippen LogP contribution < -0.4 is 15.0 Å². The highest BCUT2D eigenvalue weighted by molar-refractivity contribution is 5.92. The Balaban J connectivity index is 1.25. The number of fused-ring (bicyclic) bond motifs is 1. The van der Waals surface area contributed by atoms with Crippen molar-refractivity contribution in [3.63, 3.8) is 0 Å². The smallest absolute Gasteiger partial charge is 0.387 e. The molecule has 2 heterocycles. The van der Waals surface area contributed by atoms with Crippen LogP contribution >= 0.6 is 0 Å². The molecule has 1 aliphatic carbocycles. The maximum Gasteiger partial charge on any atom is 0.387 e. The Bertz CT molecular complexity index is 1240. The van der Waals surface area contributed by atoms with Gasteiger partial charge >= 0.3 is 6.61 Å². The second-order valence-corrected chi connectivity index (χ2v) is 9.90. The molecular formula is C29H32F2N4O2. The fraction of sp³-hybridized carbons (Fsp3) is 0.379. The first kappa shape index (κ1) is 25.1. The minimum atomic E-state index is -2.86. The Hall–Kier alpha value is -3.52. The molecule has 0 radical (unpaired) electrons. The SMILES string of the molecule is Cc1ccc(N2CCN(C)CC2)c2c1CC[C@H](NC(=O)c1ccc(-c3ccc(OC(F)F)cc3)cn1)C2. The summed E-state index contributed by atoms with van der Waals surface area (Å²) in [4.78, 5) is 22.2. The molecule has 0 bridgehead atoms. The topological polar surface area (TPSA) is 57.7 Å². The second kappa shape index (κ2) is 10.8. The molecule has 8 heteroatoms. The van der Waals surface area contributed by atoms with E-state index in [1.54, 1.807) is 24.4 Å². The van der Waals surface area contributed by atoms with Crippen molar-refractivity contribution in [3.8, 4) is 16.9 Å². The van der Waals surface area contributed by atoms with E-state index in [-0.39, 0.29) is 17.7 Å². The van der Waals surface area contributed by atoms with Gasteiger partial charge in [-0.05, 0) is 79.8 Å². The van der Waals surface area contributed by atoms with Gasteiger partial charge in [-0.2, -0.15) is 8.78 Å². The van der Waals surface area contributed by atoms with E-state index < -0.39 is 6.61 Å². The molecule has 1 saturated heterocycles. The molecule has 0 unspecified atom stereocenters. The third-order valence-electron chi connectivity index (χ3n) is 7.42. The van der Waals surface area contributed by atoms with E-state index in [4.69, 9.17) is 0 Å². The third kappa shape index (κ3) is 5.74. The van der Waals surface area contributed by atoms with E-state index in [1.165, 1.54) is 34.5 Å². The molecule has 1 atom stereocenters. The Morgan fingerprint density at radius 2 is 1.73 bits per heavy atom. The minimum absolute atomic E-state index is 0.0527. The first-order chi connectivity index (χ1) is 17.9. The van der Waals surface area contributed by atoms with Crippen molar-refractivity contribution in [2.45, 2.75) is 38.8 Å². The fourth-order valence-electron chi connectivity index (χ4n) is 5.29. The van der Waals surface area contributed by atoms with Gasteiger partial charge in [0.05, 0.1) is 0 Å². The van der Waals surface area contributed by atoms with E-state index in [0.29, 0.717) is 5.69 Å². The highest BCUT2D eigenvalue weighted by atomic mass is 19.3. The lowest BCUT2D eigenvalue weighted by molar-refractivity contribution is -0.0498. The molecule has 1 aromatic heterocycles. The largest absolute Gasteiger partial charge is 0.435 e. The number of likely N-dealkylation sites (N-methyl/N-ethyl adjacent to an activating group) is 1. The number of carbonyl (C=O) groups excluding carboxylic acids is 1. The number of nitrogens with one attached hydrogen (secondary N) is 1. The lowest BCUT2D eigenvalue weighted by atomic mass is 9.84. The lowest BCUT2D eigenvalue weighted by Gasteiger charge is -2.37. The molecule has 194 valence electrons. The molecular weight excluding hydrogens is 474 g/mol. The molecule has 2 aromatic carbocycles. The maximum absolute atomic E-state index is 13.0. The number of hydrogen-bond acceptors (Lipinski definition) is 5. The van der Waals surface area contributed by atoms with Gasteiger partial charge in [0.15, 0.2) is 0 Å². The number of halogens is 2. The maximum atomic E-state index is 13.0. The number of amides is 1. The average molecular weight is 507 g/mol. The molecule has 0 saturated carbocycles. The molecule has 5 rings (SSSR count). The third-order valence-corrected chi connectivity index (χ3v) is 7.42. The Labute approximate surface area is 216 Å². The van der Waals surface area contributed by atoms with Crippen LogP contribution in [0.15, 0.2) is 54.7 Å². The normalized spacial score (nSPS) is 18.0. The number of ether oxygens (including phenoxy) is 1. The van der Waals surface area contributed by atoms with Gasteiger partial charge in [0, 0.05) is 49.7 Å². The minimum Gasteiger partial charge on any atom is -0.435 e. The zero-order chi connectivity index (χ0) is 25.9. The fourth-order valence-corrected chi connectivity index (χ4v) is 5.29. The van der Waals surface area contributed by atoms with Gasteiger partial charge < -0.3 is 19.9 Å². The second-order valence-electron chi connectivity index (χ2n) is 9.90. The standard InChI is InChI=1S/C29H32F2N4O2/c1-19-3-12-27(35-15-13-34(2)14-16-35)25-17-22(7-10-24(19)25)33-28(36)26-11-6-21(18-32-26)20-4-8-23(9-5-20)37-29(30)31/h3-6,8-9,11-12,18,22,29H,7,10,13-17H2,1-2H3,(H,33,36)/t22-/m0/s1. The summed E-state index contributed by atoms with van der Waals surface area (Å²) >= 11 is 0. The number of nitrogens with zero attached hydrogens (tertiary/aromatic N) is 3. The first-order valence-corrected chi connectivity index (χ1v) is 12.7. The lowest BCUT2D eigenvalue weighted by Crippen LogP contribution is -2.45. The Morgan fingerprint density at radius 1 is 1.00 bits per heavy atom. The number of benzene rings is 2. The number of pyridine rings is 1. The van der Waals surface area contributed by atoms with Crippen molar-refractivity contribution in [2.24, 2.45) is 0 Å². The van der Waals surface area contributed by atoms with E-state index in [9.17, 15) is 13.6 Å². The Kier molecular flexibility index (Phi) is 7.37. The summed E-state index contributed by atoms with van der Waals surface area (Å²) in [7, 11) is 2.16. The first-order valence-electron chi connectivity index (χ1n) is 12.7. The van der Waals surface area contributed by atoms with Gasteiger partial charge in [0.2, 0.25) is 0 Å². The number of anilines is 1. The molecule has 1 amide bonds. The van der Waals surface area contributed by atoms with Crippen molar-refractivity contribution >= 4 is 11.6 Å². The van der Waals surface area contributed by atoms with E-state index in [0.717, 1.165) is 56.6 Å². The van der Waals surface area contributed by atoms with Gasteiger partial charge in [-0.3, -0.25) is 9.78 Å². The van der Waals surface area contributed by atoms with Crippen molar-refractivity contribution in [2.75, 3.05) is 38.1 Å². The molecule has 6 nitrogen and oxygen atoms in total. The van der Waals surface area contributed by atoms with Crippen LogP contribution in [0.2, 0.25) is 0 Å². The summed E-state index contributed by atoms with van der Waals surface area (Å²) in [5, 5.41) is 3.20. The molecule has 0 spiro atoms. The number of aryl methyl sites for hydroxylation is 1. The van der Waals surface area contributed by atoms with Crippen molar-refractivity contribution < 1.29 is 18.3 Å². The van der Waals surface area contributed by atoms with Crippen LogP contribution in [-0.4, -0.2) is 61.7 Å². The van der Waals surface area contributed by atoms with Crippen molar-refractivity contribution in [1.29, 1.82) is 0 Å². The van der Waals surface area contributed by atoms with Crippen LogP contribution in [0.4, 0.5) is 14.5 Å². The van der Waals surface area contributed by atoms with E-state index in [1.807, 2.05) is 6.07 Å². The summed E-state index contributed by atoms with van der Waals surface area (Å²) in [5.74, 6) is -0.0859. The van der Waals surface area contributed by atoms with Crippen molar-refractivity contribution in [1.82, 2.24) is 15.2 Å². The summed E-state index contributed by atoms with van der Waals surface area (Å²) in [5.41, 5.74) is 7.37. The molecule has 1 N–H and O–H groups in total. The zero-order valence-electron chi connectivity index (χ0n) is 21.2. The van der Waals surface area contributed by atoms with Gasteiger partial charge in [-0.25, -0.2) is 0 Å². The van der Waals surface area contributed by atoms with Gasteiger partial charge in [0.25, 0.3) is 5.91 Å². The van der Waals surface area contributed by atoms with Crippen LogP contribution in [0, 0.1) is 6.92 Å². The van der Waals surface area contributed by atoms with Crippen LogP contribution in [0.5, 0.6) is 5.75 Å². The summed E-state index contributed by atoms with van der Waals surface area (Å²) < 4.78 is 29.1. The summed E-state index contributed by atoms with van der Waals surface area (Å²) in [6, 6.07) is 14.4. The van der Waals surface area contributed by atoms with Crippen molar-refractivity contribution in [3.05, 3.63) is 77.1 Å². The van der Waals surface area contributed by atoms with Crippen LogP contribution in [0.3, 0.4) is 0 Å². The molecule has 3 aromatic rings. The number of rotatable bonds is 6. The van der Waals surface area contributed by atoms with E-state index >= 15 is 0 Å². The number of hydrogen-bond donors (Lipinski definition) is 1. The number of carbonyl (C=O) groups is 1. The number of piperazine rings is 1. The van der Waals surface area contributed by atoms with Gasteiger partial charge in [-0.15, -0.1) is 0 Å². The quantitative estimate of drug-likeness (QED) is 0.526. The number of alkyl halides is 2. The molecule has 1 aliphatic heterocycles. The highest BCUT2D eigenvalue weighted by Crippen LogP contribution is 2.33. The van der Waals surface area contributed by atoms with Gasteiger partial charge in [-0.1, -0.05) is 24.3 Å². The molecule has 2 aliphatic rings. The molecule has 37 heavy (non-hydrogen) atoms. The van der Waals surface area contributed by atoms with Crippen LogP contribution in [0.1, 0.15) is 33.6 Å². The monoisotopic (exact) mass is 506 g/mol. The predicted octanol–water partition coefficient (Wildman–Crippen LogP) is 4.70. The van der Waals surface area contributed by atoms with Gasteiger partial charge in [0.1, 0.15) is 11.4 Å². The summed E-state index contributed by atoms with van der Waals surface area (Å²) in [6.07, 6.45) is 4.29. The van der Waals surface area contributed by atoms with E-state index in [2.05, 4.69) is 50.9 Å². The predicted molar refractivity (Wildman–Crippen MR) is 140 cm³/mol. The zero-order valence-corrected chi connectivity index (χ0v) is 21.2.